The topological polar surface area (TPSA) is 92.7 Å². The Kier molecular flexibility index (Phi) is 4.15. The summed E-state index contributed by atoms with van der Waals surface area (Å²) >= 11 is 0. The smallest absolute Gasteiger partial charge is 0.326 e. The molecular weight excluding hydrogens is 186 g/mol. The summed E-state index contributed by atoms with van der Waals surface area (Å²) in [6.45, 7) is -0.625. The normalized spacial score (nSPS) is 13.9. The lowest BCUT2D eigenvalue weighted by Gasteiger charge is -2.11. The molecular formula is C5H11NO5S. The van der Waals surface area contributed by atoms with E-state index >= 15 is 0 Å². The standard InChI is InChI=1S/C5H11NO5S/c1-11-5(8)4(3-7)6-12(2,9)10/h4,6-7H,3H2,1-2H3/t4-/m0/s1. The van der Waals surface area contributed by atoms with Gasteiger partial charge >= 0.3 is 5.97 Å². The van der Waals surface area contributed by atoms with E-state index < -0.39 is 28.6 Å². The molecule has 7 heteroatoms. The Hall–Kier alpha value is -0.660. The fourth-order valence-corrected chi connectivity index (χ4v) is 1.25. The fourth-order valence-electron chi connectivity index (χ4n) is 0.561. The first-order chi connectivity index (χ1) is 5.40. The Morgan fingerprint density at radius 1 is 1.67 bits per heavy atom. The number of aliphatic hydroxyl groups is 1. The second kappa shape index (κ2) is 4.39. The number of sulfonamides is 1. The molecule has 0 amide bonds. The minimum Gasteiger partial charge on any atom is -0.468 e. The molecule has 0 aliphatic heterocycles. The van der Waals surface area contributed by atoms with Gasteiger partial charge < -0.3 is 9.84 Å². The third-order valence-corrected chi connectivity index (χ3v) is 1.74. The van der Waals surface area contributed by atoms with Gasteiger partial charge in [0.15, 0.2) is 0 Å². The molecule has 0 saturated heterocycles. The number of hydrogen-bond donors (Lipinski definition) is 2. The molecule has 0 bridgehead atoms. The lowest BCUT2D eigenvalue weighted by Crippen LogP contribution is -2.43. The summed E-state index contributed by atoms with van der Waals surface area (Å²) in [6.07, 6.45) is 0.888. The van der Waals surface area contributed by atoms with Crippen molar-refractivity contribution >= 4 is 16.0 Å². The van der Waals surface area contributed by atoms with Gasteiger partial charge in [-0.3, -0.25) is 4.79 Å². The van der Waals surface area contributed by atoms with Gasteiger partial charge in [-0.1, -0.05) is 0 Å². The summed E-state index contributed by atoms with van der Waals surface area (Å²) in [6, 6.07) is -1.22. The van der Waals surface area contributed by atoms with Crippen LogP contribution in [-0.4, -0.2) is 45.5 Å². The number of hydrogen-bond acceptors (Lipinski definition) is 5. The molecule has 6 nitrogen and oxygen atoms in total. The fraction of sp³-hybridized carbons (Fsp3) is 0.800. The third-order valence-electron chi connectivity index (χ3n) is 1.02. The van der Waals surface area contributed by atoms with E-state index in [-0.39, 0.29) is 0 Å². The van der Waals surface area contributed by atoms with Gasteiger partial charge in [0.05, 0.1) is 20.0 Å². The zero-order chi connectivity index (χ0) is 9.78. The number of ether oxygens (including phenoxy) is 1. The molecule has 0 aliphatic rings. The van der Waals surface area contributed by atoms with Gasteiger partial charge in [-0.2, -0.15) is 4.72 Å². The van der Waals surface area contributed by atoms with E-state index in [1.165, 1.54) is 0 Å². The van der Waals surface area contributed by atoms with Crippen LogP contribution in [0.1, 0.15) is 0 Å². The first kappa shape index (κ1) is 11.3. The number of esters is 1. The Morgan fingerprint density at radius 3 is 2.42 bits per heavy atom. The lowest BCUT2D eigenvalue weighted by atomic mass is 10.3. The van der Waals surface area contributed by atoms with E-state index in [0.717, 1.165) is 13.4 Å². The van der Waals surface area contributed by atoms with Crippen LogP contribution in [0.15, 0.2) is 0 Å². The summed E-state index contributed by atoms with van der Waals surface area (Å²) in [4.78, 5) is 10.7. The van der Waals surface area contributed by atoms with Crippen LogP contribution >= 0.6 is 0 Å². The molecule has 0 rings (SSSR count). The quantitative estimate of drug-likeness (QED) is 0.512. The largest absolute Gasteiger partial charge is 0.468 e. The summed E-state index contributed by atoms with van der Waals surface area (Å²) < 4.78 is 27.3. The van der Waals surface area contributed by atoms with Gasteiger partial charge in [0.25, 0.3) is 0 Å². The summed E-state index contributed by atoms with van der Waals surface area (Å²) in [5.41, 5.74) is 0. The SMILES string of the molecule is COC(=O)[C@H](CO)NS(C)(=O)=O. The van der Waals surface area contributed by atoms with E-state index in [1.54, 1.807) is 0 Å². The highest BCUT2D eigenvalue weighted by Crippen LogP contribution is 1.88. The molecule has 0 fully saturated rings. The molecule has 0 aromatic carbocycles. The first-order valence-corrected chi connectivity index (χ1v) is 4.96. The van der Waals surface area contributed by atoms with Crippen LogP contribution in [0.2, 0.25) is 0 Å². The predicted molar refractivity (Wildman–Crippen MR) is 40.9 cm³/mol. The predicted octanol–water partition coefficient (Wildman–Crippen LogP) is -1.93. The van der Waals surface area contributed by atoms with Crippen LogP contribution in [0.4, 0.5) is 0 Å². The maximum absolute atomic E-state index is 10.7. The van der Waals surface area contributed by atoms with Crippen molar-refractivity contribution in [3.05, 3.63) is 0 Å². The van der Waals surface area contributed by atoms with E-state index in [4.69, 9.17) is 5.11 Å². The van der Waals surface area contributed by atoms with Crippen LogP contribution in [-0.2, 0) is 19.6 Å². The van der Waals surface area contributed by atoms with Gasteiger partial charge in [-0.15, -0.1) is 0 Å². The van der Waals surface area contributed by atoms with Crippen molar-refractivity contribution in [2.24, 2.45) is 0 Å². The molecule has 0 aromatic rings. The van der Waals surface area contributed by atoms with Gasteiger partial charge in [-0.25, -0.2) is 8.42 Å². The molecule has 1 atom stereocenters. The van der Waals surface area contributed by atoms with Crippen molar-refractivity contribution in [1.29, 1.82) is 0 Å². The van der Waals surface area contributed by atoms with Gasteiger partial charge in [0.2, 0.25) is 10.0 Å². The van der Waals surface area contributed by atoms with E-state index in [1.807, 2.05) is 4.72 Å². The van der Waals surface area contributed by atoms with Crippen LogP contribution in [0, 0.1) is 0 Å². The van der Waals surface area contributed by atoms with Crippen molar-refractivity contribution in [3.8, 4) is 0 Å². The Balaban J connectivity index is 4.29. The molecule has 72 valence electrons. The van der Waals surface area contributed by atoms with E-state index in [0.29, 0.717) is 0 Å². The van der Waals surface area contributed by atoms with Gasteiger partial charge in [-0.05, 0) is 0 Å². The maximum Gasteiger partial charge on any atom is 0.326 e. The number of rotatable bonds is 4. The van der Waals surface area contributed by atoms with Crippen LogP contribution < -0.4 is 4.72 Å². The Morgan fingerprint density at radius 2 is 2.17 bits per heavy atom. The molecule has 0 aromatic heterocycles. The molecule has 12 heavy (non-hydrogen) atoms. The second-order valence-electron chi connectivity index (χ2n) is 2.15. The molecule has 0 unspecified atom stereocenters. The summed E-state index contributed by atoms with van der Waals surface area (Å²) in [5.74, 6) is -0.817. The van der Waals surface area contributed by atoms with Crippen LogP contribution in [0.5, 0.6) is 0 Å². The summed E-state index contributed by atoms with van der Waals surface area (Å²) in [7, 11) is -2.40. The zero-order valence-electron chi connectivity index (χ0n) is 6.77. The minimum absolute atomic E-state index is 0.625. The minimum atomic E-state index is -3.50. The van der Waals surface area contributed by atoms with E-state index in [9.17, 15) is 13.2 Å². The van der Waals surface area contributed by atoms with Gasteiger partial charge in [0.1, 0.15) is 6.04 Å². The lowest BCUT2D eigenvalue weighted by molar-refractivity contribution is -0.143. The average Bonchev–Trinajstić information content (AvgIpc) is 1.97. The molecule has 0 heterocycles. The maximum atomic E-state index is 10.7. The number of aliphatic hydroxyl groups excluding tert-OH is 1. The van der Waals surface area contributed by atoms with Crippen LogP contribution in [0.25, 0.3) is 0 Å². The number of nitrogens with one attached hydrogen (secondary N) is 1. The monoisotopic (exact) mass is 197 g/mol. The highest BCUT2D eigenvalue weighted by atomic mass is 32.2. The van der Waals surface area contributed by atoms with Crippen molar-refractivity contribution in [1.82, 2.24) is 4.72 Å². The van der Waals surface area contributed by atoms with Crippen molar-refractivity contribution < 1.29 is 23.1 Å². The Bertz CT molecular complexity index is 247. The number of methoxy groups -OCH3 is 1. The molecule has 0 saturated carbocycles. The van der Waals surface area contributed by atoms with Crippen molar-refractivity contribution in [2.45, 2.75) is 6.04 Å². The second-order valence-corrected chi connectivity index (χ2v) is 3.93. The number of carbonyl (C=O) groups excluding carboxylic acids is 1. The Labute approximate surface area is 70.6 Å². The highest BCUT2D eigenvalue weighted by molar-refractivity contribution is 7.88. The summed E-state index contributed by atoms with van der Waals surface area (Å²) in [5, 5.41) is 8.56. The average molecular weight is 197 g/mol. The first-order valence-electron chi connectivity index (χ1n) is 3.06. The van der Waals surface area contributed by atoms with Crippen LogP contribution in [0.3, 0.4) is 0 Å². The van der Waals surface area contributed by atoms with Crippen molar-refractivity contribution in [3.63, 3.8) is 0 Å². The zero-order valence-corrected chi connectivity index (χ0v) is 7.59. The number of carbonyl (C=O) groups is 1. The molecule has 2 N–H and O–H groups in total. The highest BCUT2D eigenvalue weighted by Gasteiger charge is 2.21. The van der Waals surface area contributed by atoms with E-state index in [2.05, 4.69) is 4.74 Å². The van der Waals surface area contributed by atoms with Crippen molar-refractivity contribution in [2.75, 3.05) is 20.0 Å². The molecule has 0 aliphatic carbocycles. The molecule has 0 radical (unpaired) electrons. The third kappa shape index (κ3) is 4.27. The molecule has 0 spiro atoms. The van der Waals surface area contributed by atoms with Gasteiger partial charge in [0, 0.05) is 0 Å².